The van der Waals surface area contributed by atoms with Crippen LogP contribution >= 0.6 is 24.8 Å². The Morgan fingerprint density at radius 1 is 1.05 bits per heavy atom. The summed E-state index contributed by atoms with van der Waals surface area (Å²) in [6, 6.07) is 0. The maximum Gasteiger partial charge on any atom is 0.137 e. The van der Waals surface area contributed by atoms with E-state index in [0.29, 0.717) is 0 Å². The Labute approximate surface area is 139 Å². The molecule has 1 aromatic heterocycles. The third kappa shape index (κ3) is 5.74. The summed E-state index contributed by atoms with van der Waals surface area (Å²) in [5.41, 5.74) is 0. The van der Waals surface area contributed by atoms with Crippen LogP contribution in [0.5, 0.6) is 0 Å². The summed E-state index contributed by atoms with van der Waals surface area (Å²) in [5.74, 6) is 1.66. The summed E-state index contributed by atoms with van der Waals surface area (Å²) in [5, 5.41) is 7.68. The summed E-state index contributed by atoms with van der Waals surface area (Å²) in [7, 11) is 0. The molecule has 3 rings (SSSR count). The van der Waals surface area contributed by atoms with Gasteiger partial charge in [0.15, 0.2) is 0 Å². The van der Waals surface area contributed by atoms with Gasteiger partial charge in [0, 0.05) is 19.6 Å². The van der Waals surface area contributed by atoms with Gasteiger partial charge in [-0.25, -0.2) is 4.98 Å². The van der Waals surface area contributed by atoms with Crippen molar-refractivity contribution in [1.82, 2.24) is 25.0 Å². The summed E-state index contributed by atoms with van der Waals surface area (Å²) >= 11 is 0. The molecule has 2 saturated heterocycles. The van der Waals surface area contributed by atoms with Crippen LogP contribution in [0.15, 0.2) is 12.7 Å². The lowest BCUT2D eigenvalue weighted by molar-refractivity contribution is 0.130. The third-order valence-corrected chi connectivity index (χ3v) is 4.49. The number of hydrogen-bond acceptors (Lipinski definition) is 4. The zero-order valence-corrected chi connectivity index (χ0v) is 14.1. The van der Waals surface area contributed by atoms with Crippen LogP contribution in [0.25, 0.3) is 0 Å². The van der Waals surface area contributed by atoms with E-state index in [1.54, 1.807) is 6.33 Å². The van der Waals surface area contributed by atoms with E-state index in [1.165, 1.54) is 58.4 Å². The SMILES string of the molecule is Cl.Cl.c1ncn(CC2CCCN(CC3CCNCC3)C2)n1. The molecule has 0 saturated carbocycles. The molecule has 122 valence electrons. The molecule has 0 aliphatic carbocycles. The average molecular weight is 336 g/mol. The molecule has 1 unspecified atom stereocenters. The lowest BCUT2D eigenvalue weighted by Crippen LogP contribution is -2.42. The minimum Gasteiger partial charge on any atom is -0.317 e. The fraction of sp³-hybridized carbons (Fsp3) is 0.857. The molecular weight excluding hydrogens is 309 g/mol. The largest absolute Gasteiger partial charge is 0.317 e. The lowest BCUT2D eigenvalue weighted by Gasteiger charge is -2.36. The van der Waals surface area contributed by atoms with Crippen molar-refractivity contribution < 1.29 is 0 Å². The third-order valence-electron chi connectivity index (χ3n) is 4.49. The van der Waals surface area contributed by atoms with Gasteiger partial charge in [-0.05, 0) is 57.2 Å². The molecular formula is C14H27Cl2N5. The highest BCUT2D eigenvalue weighted by Gasteiger charge is 2.23. The first kappa shape index (κ1) is 18.7. The quantitative estimate of drug-likeness (QED) is 0.911. The minimum atomic E-state index is 0. The number of hydrogen-bond donors (Lipinski definition) is 1. The van der Waals surface area contributed by atoms with E-state index in [-0.39, 0.29) is 24.8 Å². The highest BCUT2D eigenvalue weighted by atomic mass is 35.5. The van der Waals surface area contributed by atoms with Gasteiger partial charge in [-0.2, -0.15) is 5.10 Å². The molecule has 1 aromatic rings. The molecule has 3 heterocycles. The maximum atomic E-state index is 4.23. The molecule has 5 nitrogen and oxygen atoms in total. The maximum absolute atomic E-state index is 4.23. The van der Waals surface area contributed by atoms with Gasteiger partial charge in [0.25, 0.3) is 0 Å². The van der Waals surface area contributed by atoms with Crippen molar-refractivity contribution in [2.24, 2.45) is 11.8 Å². The van der Waals surface area contributed by atoms with Gasteiger partial charge >= 0.3 is 0 Å². The smallest absolute Gasteiger partial charge is 0.137 e. The molecule has 1 N–H and O–H groups in total. The van der Waals surface area contributed by atoms with Crippen LogP contribution < -0.4 is 5.32 Å². The molecule has 7 heteroatoms. The number of nitrogens with zero attached hydrogens (tertiary/aromatic N) is 4. The van der Waals surface area contributed by atoms with Crippen LogP contribution in [0.4, 0.5) is 0 Å². The van der Waals surface area contributed by atoms with Crippen LogP contribution in [-0.4, -0.2) is 52.4 Å². The van der Waals surface area contributed by atoms with Crippen molar-refractivity contribution >= 4 is 24.8 Å². The van der Waals surface area contributed by atoms with E-state index in [4.69, 9.17) is 0 Å². The molecule has 0 amide bonds. The van der Waals surface area contributed by atoms with Gasteiger partial charge in [-0.1, -0.05) is 0 Å². The zero-order chi connectivity index (χ0) is 12.9. The molecule has 21 heavy (non-hydrogen) atoms. The monoisotopic (exact) mass is 335 g/mol. The van der Waals surface area contributed by atoms with Crippen LogP contribution in [0, 0.1) is 11.8 Å². The standard InChI is InChI=1S/C14H25N5.2ClH/c1-2-14(10-19-12-16-11-17-19)9-18(7-1)8-13-3-5-15-6-4-13;;/h11-15H,1-10H2;2*1H. The predicted octanol–water partition coefficient (Wildman–Crippen LogP) is 1.83. The van der Waals surface area contributed by atoms with Crippen molar-refractivity contribution in [3.63, 3.8) is 0 Å². The fourth-order valence-corrected chi connectivity index (χ4v) is 3.49. The van der Waals surface area contributed by atoms with Crippen molar-refractivity contribution in [2.45, 2.75) is 32.2 Å². The molecule has 0 aromatic carbocycles. The van der Waals surface area contributed by atoms with Crippen molar-refractivity contribution in [3.05, 3.63) is 12.7 Å². The van der Waals surface area contributed by atoms with E-state index in [9.17, 15) is 0 Å². The van der Waals surface area contributed by atoms with E-state index in [1.807, 2.05) is 11.0 Å². The fourth-order valence-electron chi connectivity index (χ4n) is 3.49. The molecule has 0 radical (unpaired) electrons. The Balaban J connectivity index is 0.00000110. The number of likely N-dealkylation sites (tertiary alicyclic amines) is 1. The summed E-state index contributed by atoms with van der Waals surface area (Å²) in [6.07, 6.45) is 8.85. The molecule has 2 aliphatic heterocycles. The minimum absolute atomic E-state index is 0. The number of nitrogens with one attached hydrogen (secondary N) is 1. The van der Waals surface area contributed by atoms with Crippen LogP contribution in [0.3, 0.4) is 0 Å². The molecule has 0 bridgehead atoms. The second-order valence-corrected chi connectivity index (χ2v) is 6.08. The van der Waals surface area contributed by atoms with Crippen molar-refractivity contribution in [1.29, 1.82) is 0 Å². The van der Waals surface area contributed by atoms with Crippen molar-refractivity contribution in [3.8, 4) is 0 Å². The van der Waals surface area contributed by atoms with Gasteiger partial charge in [-0.3, -0.25) is 4.68 Å². The summed E-state index contributed by atoms with van der Waals surface area (Å²) in [6.45, 7) is 7.28. The van der Waals surface area contributed by atoms with Crippen LogP contribution in [0.2, 0.25) is 0 Å². The van der Waals surface area contributed by atoms with Gasteiger partial charge in [0.05, 0.1) is 0 Å². The van der Waals surface area contributed by atoms with E-state index < -0.39 is 0 Å². The van der Waals surface area contributed by atoms with Gasteiger partial charge in [-0.15, -0.1) is 24.8 Å². The van der Waals surface area contributed by atoms with E-state index in [0.717, 1.165) is 18.4 Å². The van der Waals surface area contributed by atoms with E-state index >= 15 is 0 Å². The summed E-state index contributed by atoms with van der Waals surface area (Å²) in [4.78, 5) is 6.71. The van der Waals surface area contributed by atoms with Gasteiger partial charge < -0.3 is 10.2 Å². The number of rotatable bonds is 4. The highest BCUT2D eigenvalue weighted by molar-refractivity contribution is 5.85. The average Bonchev–Trinajstić information content (AvgIpc) is 2.93. The molecule has 2 fully saturated rings. The lowest BCUT2D eigenvalue weighted by atomic mass is 9.93. The number of halogens is 2. The Hall–Kier alpha value is -0.360. The Bertz CT molecular complexity index is 367. The second-order valence-electron chi connectivity index (χ2n) is 6.08. The Morgan fingerprint density at radius 3 is 2.57 bits per heavy atom. The van der Waals surface area contributed by atoms with Crippen LogP contribution in [0.1, 0.15) is 25.7 Å². The number of aromatic nitrogens is 3. The molecule has 0 spiro atoms. The first-order chi connectivity index (χ1) is 9.40. The topological polar surface area (TPSA) is 46.0 Å². The molecule has 1 atom stereocenters. The van der Waals surface area contributed by atoms with Crippen LogP contribution in [-0.2, 0) is 6.54 Å². The first-order valence-electron chi connectivity index (χ1n) is 7.65. The first-order valence-corrected chi connectivity index (χ1v) is 7.65. The van der Waals surface area contributed by atoms with Crippen molar-refractivity contribution in [2.75, 3.05) is 32.7 Å². The normalized spacial score (nSPS) is 24.1. The van der Waals surface area contributed by atoms with Gasteiger partial charge in [0.1, 0.15) is 12.7 Å². The van der Waals surface area contributed by atoms with E-state index in [2.05, 4.69) is 20.3 Å². The predicted molar refractivity (Wildman–Crippen MR) is 89.3 cm³/mol. The Morgan fingerprint density at radius 2 is 1.86 bits per heavy atom. The Kier molecular flexibility index (Phi) is 8.56. The highest BCUT2D eigenvalue weighted by Crippen LogP contribution is 2.21. The van der Waals surface area contributed by atoms with Gasteiger partial charge in [0.2, 0.25) is 0 Å². The molecule has 2 aliphatic rings. The second kappa shape index (κ2) is 9.62. The zero-order valence-electron chi connectivity index (χ0n) is 12.5. The summed E-state index contributed by atoms with van der Waals surface area (Å²) < 4.78 is 1.98. The number of piperidine rings is 2.